The van der Waals surface area contributed by atoms with E-state index in [1.54, 1.807) is 18.2 Å². The molecule has 1 heterocycles. The summed E-state index contributed by atoms with van der Waals surface area (Å²) in [4.78, 5) is 25.7. The standard InChI is InChI=1S/C30H34ClNO7/c1-2-25(33)22-8-5-19(22)15-32-16-29(11-3-4-18-12-21(31)7-9-23(18)29)17-39-26-10-6-20(13-24(26)32)30(38,28(36)37)14-27(34)35/h2,6-7,9-10,12-13,19,22,25,33,38H,1,3-5,8,11,14-17H2,(H,34,35)(H,36,37). The molecule has 0 radical (unpaired) electrons. The number of fused-ring (bicyclic) bond motifs is 3. The van der Waals surface area contributed by atoms with Gasteiger partial charge in [-0.3, -0.25) is 4.79 Å². The molecule has 0 bridgehead atoms. The van der Waals surface area contributed by atoms with E-state index in [4.69, 9.17) is 16.3 Å². The molecule has 9 heteroatoms. The lowest BCUT2D eigenvalue weighted by molar-refractivity contribution is -0.166. The van der Waals surface area contributed by atoms with Gasteiger partial charge in [0, 0.05) is 23.5 Å². The van der Waals surface area contributed by atoms with E-state index in [2.05, 4.69) is 17.5 Å². The van der Waals surface area contributed by atoms with Crippen molar-refractivity contribution in [3.8, 4) is 5.75 Å². The molecule has 0 saturated heterocycles. The van der Waals surface area contributed by atoms with Gasteiger partial charge in [0.25, 0.3) is 0 Å². The van der Waals surface area contributed by atoms with Gasteiger partial charge in [-0.25, -0.2) is 4.79 Å². The third kappa shape index (κ3) is 5.01. The first-order chi connectivity index (χ1) is 18.6. The second kappa shape index (κ2) is 10.5. The SMILES string of the molecule is C=CC(O)C1CCC1CN1CC2(CCCc3cc(Cl)ccc32)COc2ccc(C(O)(CC(=O)O)C(=O)O)cc21. The summed E-state index contributed by atoms with van der Waals surface area (Å²) in [5.41, 5.74) is 0.0114. The van der Waals surface area contributed by atoms with E-state index in [9.17, 15) is 30.0 Å². The zero-order valence-electron chi connectivity index (χ0n) is 21.7. The monoisotopic (exact) mass is 555 g/mol. The van der Waals surface area contributed by atoms with E-state index in [0.717, 1.165) is 32.1 Å². The van der Waals surface area contributed by atoms with Gasteiger partial charge in [0.1, 0.15) is 5.75 Å². The first-order valence-electron chi connectivity index (χ1n) is 13.4. The maximum Gasteiger partial charge on any atom is 0.341 e. The second-order valence-electron chi connectivity index (χ2n) is 11.3. The van der Waals surface area contributed by atoms with Crippen LogP contribution in [0.5, 0.6) is 5.75 Å². The molecule has 1 fully saturated rings. The summed E-state index contributed by atoms with van der Waals surface area (Å²) >= 11 is 6.33. The van der Waals surface area contributed by atoms with Crippen molar-refractivity contribution < 1.29 is 34.8 Å². The van der Waals surface area contributed by atoms with Crippen LogP contribution in [0, 0.1) is 11.8 Å². The normalized spacial score (nSPS) is 26.2. The number of nitrogens with zero attached hydrogens (tertiary/aromatic N) is 1. The van der Waals surface area contributed by atoms with Crippen LogP contribution < -0.4 is 9.64 Å². The minimum atomic E-state index is -2.59. The number of carbonyl (C=O) groups is 2. The van der Waals surface area contributed by atoms with Crippen molar-refractivity contribution >= 4 is 29.2 Å². The van der Waals surface area contributed by atoms with Gasteiger partial charge >= 0.3 is 11.9 Å². The molecule has 2 aromatic carbocycles. The maximum atomic E-state index is 12.1. The lowest BCUT2D eigenvalue weighted by Gasteiger charge is -2.45. The Morgan fingerprint density at radius 2 is 2.03 bits per heavy atom. The lowest BCUT2D eigenvalue weighted by atomic mass is 9.68. The highest BCUT2D eigenvalue weighted by Crippen LogP contribution is 2.47. The van der Waals surface area contributed by atoms with Crippen molar-refractivity contribution in [1.29, 1.82) is 0 Å². The highest BCUT2D eigenvalue weighted by molar-refractivity contribution is 6.30. The minimum absolute atomic E-state index is 0.0205. The van der Waals surface area contributed by atoms with Gasteiger partial charge in [-0.05, 0) is 84.9 Å². The zero-order chi connectivity index (χ0) is 27.9. The van der Waals surface area contributed by atoms with E-state index in [1.807, 2.05) is 12.1 Å². The Labute approximate surface area is 232 Å². The lowest BCUT2D eigenvalue weighted by Crippen LogP contribution is -2.49. The molecule has 0 aromatic heterocycles. The average molecular weight is 556 g/mol. The quantitative estimate of drug-likeness (QED) is 0.358. The number of anilines is 1. The van der Waals surface area contributed by atoms with Gasteiger partial charge in [-0.2, -0.15) is 0 Å². The number of aliphatic carboxylic acids is 2. The predicted octanol–water partition coefficient (Wildman–Crippen LogP) is 4.13. The van der Waals surface area contributed by atoms with Crippen LogP contribution in [-0.2, 0) is 27.0 Å². The third-order valence-electron chi connectivity index (χ3n) is 8.89. The van der Waals surface area contributed by atoms with Crippen molar-refractivity contribution in [3.05, 3.63) is 70.8 Å². The van der Waals surface area contributed by atoms with Crippen LogP contribution in [0.3, 0.4) is 0 Å². The smallest absolute Gasteiger partial charge is 0.341 e. The molecule has 5 unspecified atom stereocenters. The molecule has 4 N–H and O–H groups in total. The highest BCUT2D eigenvalue weighted by atomic mass is 35.5. The van der Waals surface area contributed by atoms with Gasteiger partial charge in [-0.1, -0.05) is 29.8 Å². The predicted molar refractivity (Wildman–Crippen MR) is 146 cm³/mol. The van der Waals surface area contributed by atoms with Crippen molar-refractivity contribution in [2.45, 2.75) is 55.6 Å². The van der Waals surface area contributed by atoms with Crippen LogP contribution in [0.1, 0.15) is 48.8 Å². The Morgan fingerprint density at radius 1 is 1.23 bits per heavy atom. The van der Waals surface area contributed by atoms with Crippen LogP contribution in [-0.4, -0.2) is 58.2 Å². The number of hydrogen-bond acceptors (Lipinski definition) is 6. The summed E-state index contributed by atoms with van der Waals surface area (Å²) in [7, 11) is 0. The first-order valence-corrected chi connectivity index (χ1v) is 13.7. The Bertz CT molecular complexity index is 1300. The van der Waals surface area contributed by atoms with Gasteiger partial charge in [-0.15, -0.1) is 6.58 Å². The number of aliphatic hydroxyl groups excluding tert-OH is 1. The molecule has 0 amide bonds. The highest BCUT2D eigenvalue weighted by Gasteiger charge is 2.46. The molecule has 8 nitrogen and oxygen atoms in total. The third-order valence-corrected chi connectivity index (χ3v) is 9.12. The number of halogens is 1. The number of rotatable bonds is 8. The van der Waals surface area contributed by atoms with Gasteiger partial charge in [0.2, 0.25) is 0 Å². The van der Waals surface area contributed by atoms with Crippen LogP contribution in [0.2, 0.25) is 5.02 Å². The fourth-order valence-corrected chi connectivity index (χ4v) is 6.81. The zero-order valence-corrected chi connectivity index (χ0v) is 22.4. The van der Waals surface area contributed by atoms with Crippen molar-refractivity contribution in [2.75, 3.05) is 24.6 Å². The van der Waals surface area contributed by atoms with E-state index in [1.165, 1.54) is 17.2 Å². The largest absolute Gasteiger partial charge is 0.490 e. The number of hydrogen-bond donors (Lipinski definition) is 4. The number of carboxylic acids is 2. The van der Waals surface area contributed by atoms with Crippen LogP contribution >= 0.6 is 11.6 Å². The van der Waals surface area contributed by atoms with Crippen LogP contribution in [0.4, 0.5) is 5.69 Å². The topological polar surface area (TPSA) is 128 Å². The Morgan fingerprint density at radius 3 is 2.69 bits per heavy atom. The molecule has 2 aliphatic carbocycles. The molecule has 5 atom stereocenters. The van der Waals surface area contributed by atoms with Crippen LogP contribution in [0.15, 0.2) is 49.1 Å². The molecule has 1 spiro atoms. The molecular weight excluding hydrogens is 522 g/mol. The van der Waals surface area contributed by atoms with E-state index in [0.29, 0.717) is 36.2 Å². The Balaban J connectivity index is 1.58. The molecular formula is C30H34ClNO7. The summed E-state index contributed by atoms with van der Waals surface area (Å²) in [6, 6.07) is 10.6. The molecule has 2 aromatic rings. The molecule has 3 aliphatic rings. The molecule has 1 aliphatic heterocycles. The number of benzene rings is 2. The number of carboxylic acid groups (broad SMARTS) is 2. The molecule has 5 rings (SSSR count). The second-order valence-corrected chi connectivity index (χ2v) is 11.7. The molecule has 39 heavy (non-hydrogen) atoms. The summed E-state index contributed by atoms with van der Waals surface area (Å²) in [6.07, 6.45) is 4.57. The van der Waals surface area contributed by atoms with E-state index >= 15 is 0 Å². The first kappa shape index (κ1) is 27.5. The number of aliphatic hydroxyl groups is 2. The van der Waals surface area contributed by atoms with Gasteiger partial charge < -0.3 is 30.1 Å². The van der Waals surface area contributed by atoms with Crippen molar-refractivity contribution in [1.82, 2.24) is 0 Å². The summed E-state index contributed by atoms with van der Waals surface area (Å²) in [5, 5.41) is 41.3. The fraction of sp³-hybridized carbons (Fsp3) is 0.467. The van der Waals surface area contributed by atoms with Crippen molar-refractivity contribution in [2.24, 2.45) is 11.8 Å². The summed E-state index contributed by atoms with van der Waals surface area (Å²) in [6.45, 7) is 5.33. The molecule has 208 valence electrons. The van der Waals surface area contributed by atoms with E-state index < -0.39 is 30.1 Å². The van der Waals surface area contributed by atoms with Crippen LogP contribution in [0.25, 0.3) is 0 Å². The number of ether oxygens (including phenoxy) is 1. The molecule has 1 saturated carbocycles. The number of aryl methyl sites for hydroxylation is 1. The maximum absolute atomic E-state index is 12.1. The average Bonchev–Trinajstić information content (AvgIpc) is 3.03. The van der Waals surface area contributed by atoms with E-state index in [-0.39, 0.29) is 22.8 Å². The van der Waals surface area contributed by atoms with Gasteiger partial charge in [0.15, 0.2) is 5.60 Å². The Kier molecular flexibility index (Phi) is 7.39. The Hall–Kier alpha value is -3.07. The summed E-state index contributed by atoms with van der Waals surface area (Å²) < 4.78 is 6.41. The summed E-state index contributed by atoms with van der Waals surface area (Å²) in [5.74, 6) is -2.27. The van der Waals surface area contributed by atoms with Crippen molar-refractivity contribution in [3.63, 3.8) is 0 Å². The minimum Gasteiger partial charge on any atom is -0.490 e. The fourth-order valence-electron chi connectivity index (χ4n) is 6.62. The van der Waals surface area contributed by atoms with Gasteiger partial charge in [0.05, 0.1) is 24.8 Å².